The van der Waals surface area contributed by atoms with E-state index >= 15 is 0 Å². The van der Waals surface area contributed by atoms with E-state index in [4.69, 9.17) is 15.6 Å². The number of hydrogen-bond donors (Lipinski definition) is 2. The minimum atomic E-state index is -2.51. The maximum absolute atomic E-state index is 12.5. The van der Waals surface area contributed by atoms with Crippen molar-refractivity contribution in [2.75, 3.05) is 36.9 Å². The van der Waals surface area contributed by atoms with Crippen LogP contribution in [0.25, 0.3) is 0 Å². The molecule has 0 spiro atoms. The largest absolute Gasteiger partial charge is 0.476 e. The van der Waals surface area contributed by atoms with E-state index in [1.165, 1.54) is 11.0 Å². The highest BCUT2D eigenvalue weighted by atomic mass is 19.3. The second kappa shape index (κ2) is 7.73. The van der Waals surface area contributed by atoms with E-state index in [1.807, 2.05) is 6.92 Å². The molecule has 0 saturated heterocycles. The topological polar surface area (TPSA) is 71.6 Å². The van der Waals surface area contributed by atoms with Crippen molar-refractivity contribution in [3.05, 3.63) is 12.1 Å². The zero-order chi connectivity index (χ0) is 14.3. The molecule has 0 unspecified atom stereocenters. The van der Waals surface area contributed by atoms with Crippen LogP contribution in [0.2, 0.25) is 0 Å². The maximum atomic E-state index is 12.5. The smallest absolute Gasteiger partial charge is 0.255 e. The average molecular weight is 275 g/mol. The third-order valence-corrected chi connectivity index (χ3v) is 2.37. The number of ether oxygens (including phenoxy) is 1. The number of nitrogens with two attached hydrogens (primary N) is 1. The molecule has 0 fully saturated rings. The Morgan fingerprint density at radius 3 is 2.79 bits per heavy atom. The number of hydrogen-bond acceptors (Lipinski definition) is 5. The summed E-state index contributed by atoms with van der Waals surface area (Å²) in [4.78, 5) is 5.41. The summed E-state index contributed by atoms with van der Waals surface area (Å²) < 4.78 is 30.3. The fraction of sp³-hybridized carbons (Fsp3) is 0.583. The molecule has 0 atom stereocenters. The van der Waals surface area contributed by atoms with Gasteiger partial charge in [0.1, 0.15) is 5.82 Å². The van der Waals surface area contributed by atoms with Crippen LogP contribution in [0.3, 0.4) is 0 Å². The van der Waals surface area contributed by atoms with Crippen molar-refractivity contribution >= 4 is 11.5 Å². The Hall–Kier alpha value is -1.63. The maximum Gasteiger partial charge on any atom is 0.255 e. The lowest BCUT2D eigenvalue weighted by Crippen LogP contribution is -2.32. The van der Waals surface area contributed by atoms with Crippen LogP contribution in [0.4, 0.5) is 20.3 Å². The van der Waals surface area contributed by atoms with Gasteiger partial charge in [0, 0.05) is 6.54 Å². The molecule has 3 N–H and O–H groups in total. The van der Waals surface area contributed by atoms with Crippen molar-refractivity contribution in [1.82, 2.24) is 4.98 Å². The second-order valence-electron chi connectivity index (χ2n) is 3.97. The van der Waals surface area contributed by atoms with Gasteiger partial charge in [0.05, 0.1) is 25.4 Å². The summed E-state index contributed by atoms with van der Waals surface area (Å²) in [6, 6.07) is 3.09. The van der Waals surface area contributed by atoms with E-state index in [-0.39, 0.29) is 19.0 Å². The summed E-state index contributed by atoms with van der Waals surface area (Å²) in [5, 5.41) is 8.91. The Labute approximate surface area is 111 Å². The minimum absolute atomic E-state index is 0.0779. The molecule has 1 aromatic rings. The third-order valence-electron chi connectivity index (χ3n) is 2.37. The van der Waals surface area contributed by atoms with Crippen LogP contribution in [0, 0.1) is 0 Å². The molecule has 1 heterocycles. The molecule has 0 aliphatic rings. The standard InChI is InChI=1S/C12H19F2N3O2/c1-2-7-19-12-9(15)3-4-11(16-12)17(5-6-18)8-10(13)14/h3-4,10,18H,2,5-8,15H2,1H3. The number of aliphatic hydroxyl groups excluding tert-OH is 1. The van der Waals surface area contributed by atoms with Crippen LogP contribution in [-0.4, -0.2) is 42.8 Å². The van der Waals surface area contributed by atoms with Gasteiger partial charge in [-0.05, 0) is 18.6 Å². The summed E-state index contributed by atoms with van der Waals surface area (Å²) in [7, 11) is 0. The van der Waals surface area contributed by atoms with E-state index in [0.717, 1.165) is 6.42 Å². The number of alkyl halides is 2. The van der Waals surface area contributed by atoms with Crippen LogP contribution in [0.1, 0.15) is 13.3 Å². The number of anilines is 2. The zero-order valence-corrected chi connectivity index (χ0v) is 10.9. The van der Waals surface area contributed by atoms with Crippen molar-refractivity contribution in [3.63, 3.8) is 0 Å². The number of halogens is 2. The van der Waals surface area contributed by atoms with Crippen molar-refractivity contribution in [1.29, 1.82) is 0 Å². The zero-order valence-electron chi connectivity index (χ0n) is 10.9. The molecular weight excluding hydrogens is 256 g/mol. The molecule has 5 nitrogen and oxygen atoms in total. The molecule has 1 rings (SSSR count). The van der Waals surface area contributed by atoms with Gasteiger partial charge >= 0.3 is 0 Å². The second-order valence-corrected chi connectivity index (χ2v) is 3.97. The van der Waals surface area contributed by atoms with Crippen molar-refractivity contribution in [2.45, 2.75) is 19.8 Å². The molecule has 0 amide bonds. The van der Waals surface area contributed by atoms with Crippen LogP contribution in [0.5, 0.6) is 5.88 Å². The first-order chi connectivity index (χ1) is 9.08. The van der Waals surface area contributed by atoms with Gasteiger partial charge in [-0.15, -0.1) is 0 Å². The van der Waals surface area contributed by atoms with E-state index in [9.17, 15) is 8.78 Å². The monoisotopic (exact) mass is 275 g/mol. The molecule has 7 heteroatoms. The first-order valence-corrected chi connectivity index (χ1v) is 6.11. The Kier molecular flexibility index (Phi) is 6.27. The van der Waals surface area contributed by atoms with E-state index in [0.29, 0.717) is 18.1 Å². The quantitative estimate of drug-likeness (QED) is 0.752. The van der Waals surface area contributed by atoms with Gasteiger partial charge in [0.25, 0.3) is 6.43 Å². The van der Waals surface area contributed by atoms with Crippen LogP contribution >= 0.6 is 0 Å². The number of aromatic nitrogens is 1. The summed E-state index contributed by atoms with van der Waals surface area (Å²) in [5.74, 6) is 0.547. The Bertz CT molecular complexity index is 391. The highest BCUT2D eigenvalue weighted by molar-refractivity contribution is 5.54. The normalized spacial score (nSPS) is 10.8. The molecule has 0 aliphatic carbocycles. The third kappa shape index (κ3) is 4.86. The van der Waals surface area contributed by atoms with Gasteiger partial charge in [-0.1, -0.05) is 6.92 Å². The highest BCUT2D eigenvalue weighted by Crippen LogP contribution is 2.23. The van der Waals surface area contributed by atoms with Gasteiger partial charge in [-0.25, -0.2) is 8.78 Å². The lowest BCUT2D eigenvalue weighted by atomic mass is 10.3. The fourth-order valence-corrected chi connectivity index (χ4v) is 1.52. The van der Waals surface area contributed by atoms with Crippen LogP contribution in [0.15, 0.2) is 12.1 Å². The van der Waals surface area contributed by atoms with E-state index < -0.39 is 13.0 Å². The number of aliphatic hydroxyl groups is 1. The lowest BCUT2D eigenvalue weighted by Gasteiger charge is -2.23. The molecular formula is C12H19F2N3O2. The highest BCUT2D eigenvalue weighted by Gasteiger charge is 2.15. The summed E-state index contributed by atoms with van der Waals surface area (Å²) in [6.07, 6.45) is -1.71. The van der Waals surface area contributed by atoms with Crippen LogP contribution in [-0.2, 0) is 0 Å². The number of rotatable bonds is 8. The summed E-state index contributed by atoms with van der Waals surface area (Å²) >= 11 is 0. The summed E-state index contributed by atoms with van der Waals surface area (Å²) in [6.45, 7) is 1.74. The minimum Gasteiger partial charge on any atom is -0.476 e. The molecule has 0 radical (unpaired) electrons. The van der Waals surface area contributed by atoms with Crippen molar-refractivity contribution in [3.8, 4) is 5.88 Å². The molecule has 1 aromatic heterocycles. The number of pyridine rings is 1. The number of nitrogens with zero attached hydrogens (tertiary/aromatic N) is 2. The number of nitrogen functional groups attached to an aromatic ring is 1. The fourth-order valence-electron chi connectivity index (χ4n) is 1.52. The average Bonchev–Trinajstić information content (AvgIpc) is 2.37. The van der Waals surface area contributed by atoms with Gasteiger partial charge in [-0.3, -0.25) is 0 Å². The van der Waals surface area contributed by atoms with Gasteiger partial charge < -0.3 is 20.5 Å². The van der Waals surface area contributed by atoms with E-state index in [2.05, 4.69) is 4.98 Å². The predicted molar refractivity (Wildman–Crippen MR) is 69.7 cm³/mol. The van der Waals surface area contributed by atoms with Gasteiger partial charge in [0.15, 0.2) is 0 Å². The Balaban J connectivity index is 2.89. The predicted octanol–water partition coefficient (Wildman–Crippen LogP) is 1.52. The van der Waals surface area contributed by atoms with Crippen LogP contribution < -0.4 is 15.4 Å². The molecule has 0 bridgehead atoms. The van der Waals surface area contributed by atoms with Gasteiger partial charge in [0.2, 0.25) is 5.88 Å². The molecule has 19 heavy (non-hydrogen) atoms. The van der Waals surface area contributed by atoms with Crippen molar-refractivity contribution < 1.29 is 18.6 Å². The molecule has 0 aliphatic heterocycles. The first-order valence-electron chi connectivity index (χ1n) is 6.11. The van der Waals surface area contributed by atoms with Gasteiger partial charge in [-0.2, -0.15) is 4.98 Å². The Morgan fingerprint density at radius 1 is 1.47 bits per heavy atom. The molecule has 0 saturated carbocycles. The first kappa shape index (κ1) is 15.4. The molecule has 108 valence electrons. The van der Waals surface area contributed by atoms with E-state index in [1.54, 1.807) is 6.07 Å². The SMILES string of the molecule is CCCOc1nc(N(CCO)CC(F)F)ccc1N. The summed E-state index contributed by atoms with van der Waals surface area (Å²) in [5.41, 5.74) is 6.06. The Morgan fingerprint density at radius 2 is 2.21 bits per heavy atom. The lowest BCUT2D eigenvalue weighted by molar-refractivity contribution is 0.152. The van der Waals surface area contributed by atoms with Crippen molar-refractivity contribution in [2.24, 2.45) is 0 Å². The molecule has 0 aromatic carbocycles.